The van der Waals surface area contributed by atoms with Crippen LogP contribution in [0.25, 0.3) is 0 Å². The summed E-state index contributed by atoms with van der Waals surface area (Å²) in [6.07, 6.45) is 0. The molecule has 1 aromatic heterocycles. The summed E-state index contributed by atoms with van der Waals surface area (Å²) in [5.41, 5.74) is 1.53. The molecule has 0 aliphatic rings. The quantitative estimate of drug-likeness (QED) is 0.915. The molecule has 0 saturated carbocycles. The Kier molecular flexibility index (Phi) is 4.24. The summed E-state index contributed by atoms with van der Waals surface area (Å²) in [5, 5.41) is 9.48. The van der Waals surface area contributed by atoms with E-state index in [1.54, 1.807) is 23.9 Å². The SMILES string of the molecule is Cc1cc(NC(=O)NCc2ccc(F)c(Cl)c2)n(C)n1. The fraction of sp³-hybridized carbons (Fsp3) is 0.231. The van der Waals surface area contributed by atoms with Gasteiger partial charge in [0.15, 0.2) is 0 Å². The van der Waals surface area contributed by atoms with Gasteiger partial charge in [-0.05, 0) is 24.6 Å². The molecule has 2 rings (SSSR count). The van der Waals surface area contributed by atoms with Crippen LogP contribution in [0.5, 0.6) is 0 Å². The van der Waals surface area contributed by atoms with Crippen LogP contribution >= 0.6 is 11.6 Å². The molecule has 0 spiro atoms. The van der Waals surface area contributed by atoms with E-state index in [4.69, 9.17) is 11.6 Å². The topological polar surface area (TPSA) is 59.0 Å². The number of aromatic nitrogens is 2. The predicted molar refractivity (Wildman–Crippen MR) is 75.2 cm³/mol. The molecule has 0 unspecified atom stereocenters. The van der Waals surface area contributed by atoms with Crippen LogP contribution in [0.4, 0.5) is 15.0 Å². The van der Waals surface area contributed by atoms with Crippen molar-refractivity contribution in [2.75, 3.05) is 5.32 Å². The number of benzene rings is 1. The average molecular weight is 297 g/mol. The molecule has 0 fully saturated rings. The Morgan fingerprint density at radius 1 is 1.45 bits per heavy atom. The van der Waals surface area contributed by atoms with Gasteiger partial charge in [-0.3, -0.25) is 10.00 Å². The number of halogens is 2. The number of nitrogens with one attached hydrogen (secondary N) is 2. The molecule has 1 aromatic carbocycles. The Bertz CT molecular complexity index is 641. The molecule has 0 saturated heterocycles. The van der Waals surface area contributed by atoms with Crippen LogP contribution in [0, 0.1) is 12.7 Å². The Labute approximate surface area is 120 Å². The second-order valence-corrected chi connectivity index (χ2v) is 4.76. The van der Waals surface area contributed by atoms with Crippen LogP contribution in [0.15, 0.2) is 24.3 Å². The third-order valence-corrected chi connectivity index (χ3v) is 2.97. The molecule has 0 aliphatic carbocycles. The summed E-state index contributed by atoms with van der Waals surface area (Å²) in [4.78, 5) is 11.7. The van der Waals surface area contributed by atoms with Crippen molar-refractivity contribution in [1.82, 2.24) is 15.1 Å². The number of amides is 2. The fourth-order valence-corrected chi connectivity index (χ4v) is 1.92. The number of nitrogens with zero attached hydrogens (tertiary/aromatic N) is 2. The van der Waals surface area contributed by atoms with E-state index in [2.05, 4.69) is 15.7 Å². The van der Waals surface area contributed by atoms with E-state index in [1.807, 2.05) is 6.92 Å². The summed E-state index contributed by atoms with van der Waals surface area (Å²) in [6, 6.07) is 5.70. The minimum Gasteiger partial charge on any atom is -0.334 e. The standard InChI is InChI=1S/C13H14ClFN4O/c1-8-5-12(19(2)18-8)17-13(20)16-7-9-3-4-11(15)10(14)6-9/h3-6H,7H2,1-2H3,(H2,16,17,20). The van der Waals surface area contributed by atoms with E-state index in [1.165, 1.54) is 12.1 Å². The first-order chi connectivity index (χ1) is 9.45. The number of carbonyl (C=O) groups is 1. The number of hydrogen-bond donors (Lipinski definition) is 2. The van der Waals surface area contributed by atoms with Crippen molar-refractivity contribution in [2.24, 2.45) is 7.05 Å². The summed E-state index contributed by atoms with van der Waals surface area (Å²) < 4.78 is 14.6. The maximum Gasteiger partial charge on any atom is 0.320 e. The lowest BCUT2D eigenvalue weighted by atomic mass is 10.2. The lowest BCUT2D eigenvalue weighted by Crippen LogP contribution is -2.29. The van der Waals surface area contributed by atoms with Crippen molar-refractivity contribution in [1.29, 1.82) is 0 Å². The predicted octanol–water partition coefficient (Wildman–Crippen LogP) is 2.84. The van der Waals surface area contributed by atoms with E-state index in [-0.39, 0.29) is 17.6 Å². The van der Waals surface area contributed by atoms with E-state index in [0.29, 0.717) is 11.4 Å². The summed E-state index contributed by atoms with van der Waals surface area (Å²) >= 11 is 5.67. The molecule has 0 aliphatic heterocycles. The van der Waals surface area contributed by atoms with Gasteiger partial charge in [-0.25, -0.2) is 9.18 Å². The minimum atomic E-state index is -0.481. The van der Waals surface area contributed by atoms with E-state index in [0.717, 1.165) is 5.69 Å². The first-order valence-electron chi connectivity index (χ1n) is 5.95. The summed E-state index contributed by atoms with van der Waals surface area (Å²) in [7, 11) is 1.74. The normalized spacial score (nSPS) is 10.4. The maximum atomic E-state index is 13.0. The number of aryl methyl sites for hydroxylation is 2. The van der Waals surface area contributed by atoms with Gasteiger partial charge in [0.05, 0.1) is 10.7 Å². The highest BCUT2D eigenvalue weighted by Gasteiger charge is 2.07. The van der Waals surface area contributed by atoms with Gasteiger partial charge in [-0.15, -0.1) is 0 Å². The summed E-state index contributed by atoms with van der Waals surface area (Å²) in [6.45, 7) is 2.09. The van der Waals surface area contributed by atoms with Gasteiger partial charge in [0, 0.05) is 19.7 Å². The molecule has 7 heteroatoms. The molecule has 20 heavy (non-hydrogen) atoms. The van der Waals surface area contributed by atoms with Crippen molar-refractivity contribution < 1.29 is 9.18 Å². The smallest absolute Gasteiger partial charge is 0.320 e. The Morgan fingerprint density at radius 3 is 2.80 bits per heavy atom. The second-order valence-electron chi connectivity index (χ2n) is 4.35. The molecule has 0 atom stereocenters. The largest absolute Gasteiger partial charge is 0.334 e. The van der Waals surface area contributed by atoms with Gasteiger partial charge < -0.3 is 5.32 Å². The Hall–Kier alpha value is -2.08. The van der Waals surface area contributed by atoms with Gasteiger partial charge in [-0.2, -0.15) is 5.10 Å². The van der Waals surface area contributed by atoms with Crippen molar-refractivity contribution in [2.45, 2.75) is 13.5 Å². The van der Waals surface area contributed by atoms with E-state index < -0.39 is 5.82 Å². The zero-order valence-electron chi connectivity index (χ0n) is 11.1. The van der Waals surface area contributed by atoms with Gasteiger partial charge in [-0.1, -0.05) is 17.7 Å². The molecule has 0 radical (unpaired) electrons. The van der Waals surface area contributed by atoms with Crippen molar-refractivity contribution in [3.63, 3.8) is 0 Å². The van der Waals surface area contributed by atoms with Crippen LogP contribution in [0.1, 0.15) is 11.3 Å². The molecule has 2 N–H and O–H groups in total. The van der Waals surface area contributed by atoms with Crippen molar-refractivity contribution in [3.05, 3.63) is 46.4 Å². The first-order valence-corrected chi connectivity index (χ1v) is 6.33. The number of hydrogen-bond acceptors (Lipinski definition) is 2. The number of anilines is 1. The lowest BCUT2D eigenvalue weighted by molar-refractivity contribution is 0.251. The zero-order chi connectivity index (χ0) is 14.7. The first kappa shape index (κ1) is 14.3. The van der Waals surface area contributed by atoms with Gasteiger partial charge in [0.25, 0.3) is 0 Å². The fourth-order valence-electron chi connectivity index (χ4n) is 1.72. The average Bonchev–Trinajstić information content (AvgIpc) is 2.69. The van der Waals surface area contributed by atoms with Gasteiger partial charge in [0.2, 0.25) is 0 Å². The highest BCUT2D eigenvalue weighted by atomic mass is 35.5. The van der Waals surface area contributed by atoms with Crippen LogP contribution in [0.3, 0.4) is 0 Å². The maximum absolute atomic E-state index is 13.0. The molecular weight excluding hydrogens is 283 g/mol. The van der Waals surface area contributed by atoms with Crippen LogP contribution < -0.4 is 10.6 Å². The van der Waals surface area contributed by atoms with E-state index in [9.17, 15) is 9.18 Å². The third-order valence-electron chi connectivity index (χ3n) is 2.68. The summed E-state index contributed by atoms with van der Waals surface area (Å²) in [5.74, 6) is 0.113. The molecule has 2 amide bonds. The molecule has 0 bridgehead atoms. The molecule has 106 valence electrons. The number of rotatable bonds is 3. The van der Waals surface area contributed by atoms with Crippen LogP contribution in [-0.2, 0) is 13.6 Å². The molecule has 5 nitrogen and oxygen atoms in total. The highest BCUT2D eigenvalue weighted by Crippen LogP contribution is 2.15. The van der Waals surface area contributed by atoms with Gasteiger partial charge in [0.1, 0.15) is 11.6 Å². The highest BCUT2D eigenvalue weighted by molar-refractivity contribution is 6.30. The Balaban J connectivity index is 1.92. The Morgan fingerprint density at radius 2 is 2.20 bits per heavy atom. The van der Waals surface area contributed by atoms with Crippen LogP contribution in [-0.4, -0.2) is 15.8 Å². The lowest BCUT2D eigenvalue weighted by Gasteiger charge is -2.08. The molecule has 2 aromatic rings. The van der Waals surface area contributed by atoms with Crippen molar-refractivity contribution >= 4 is 23.4 Å². The molecular formula is C13H14ClFN4O. The van der Waals surface area contributed by atoms with Crippen LogP contribution in [0.2, 0.25) is 5.02 Å². The number of carbonyl (C=O) groups excluding carboxylic acids is 1. The second kappa shape index (κ2) is 5.92. The van der Waals surface area contributed by atoms with E-state index >= 15 is 0 Å². The third kappa shape index (κ3) is 3.48. The van der Waals surface area contributed by atoms with Crippen molar-refractivity contribution in [3.8, 4) is 0 Å². The number of urea groups is 1. The minimum absolute atomic E-state index is 0.0342. The zero-order valence-corrected chi connectivity index (χ0v) is 11.8. The van der Waals surface area contributed by atoms with Gasteiger partial charge >= 0.3 is 6.03 Å². The molecule has 1 heterocycles. The monoisotopic (exact) mass is 296 g/mol.